The van der Waals surface area contributed by atoms with Crippen LogP contribution in [0.2, 0.25) is 0 Å². The fourth-order valence-electron chi connectivity index (χ4n) is 2.75. The third-order valence-corrected chi connectivity index (χ3v) is 3.98. The Bertz CT molecular complexity index is 1130. The highest BCUT2D eigenvalue weighted by Gasteiger charge is 2.34. The van der Waals surface area contributed by atoms with Gasteiger partial charge in [-0.3, -0.25) is 9.59 Å². The summed E-state index contributed by atoms with van der Waals surface area (Å²) >= 11 is 0. The van der Waals surface area contributed by atoms with Crippen molar-refractivity contribution in [1.29, 1.82) is 0 Å². The minimum atomic E-state index is -4.65. The number of aromatic amines is 1. The standard InChI is InChI=1S/C18H14F3NO4.C2H4O2/c1-25-13-7-10-12(8-14(13)26-2)22-15(17(24)16(10)23)9-5-3-4-6-11(9)18(19,20)21;1-2(3)4/h3-8,24H,1-2H3,(H,22,23);1H3,(H,3,4). The molecule has 0 amide bonds. The molecule has 0 radical (unpaired) electrons. The predicted molar refractivity (Wildman–Crippen MR) is 103 cm³/mol. The molecule has 1 heterocycles. The molecule has 3 N–H and O–H groups in total. The number of rotatable bonds is 3. The van der Waals surface area contributed by atoms with Gasteiger partial charge in [0.05, 0.1) is 36.4 Å². The number of fused-ring (bicyclic) bond motifs is 1. The van der Waals surface area contributed by atoms with Crippen LogP contribution in [-0.2, 0) is 11.0 Å². The molecule has 0 atom stereocenters. The number of aliphatic carboxylic acids is 1. The Kier molecular flexibility index (Phi) is 6.60. The zero-order valence-electron chi connectivity index (χ0n) is 16.1. The summed E-state index contributed by atoms with van der Waals surface area (Å²) in [6, 6.07) is 7.46. The SMILES string of the molecule is CC(=O)O.COc1cc2[nH]c(-c3ccccc3C(F)(F)F)c(O)c(=O)c2cc1OC. The number of hydrogen-bond acceptors (Lipinski definition) is 5. The molecule has 0 saturated carbocycles. The van der Waals surface area contributed by atoms with Gasteiger partial charge in [0.15, 0.2) is 17.2 Å². The van der Waals surface area contributed by atoms with Crippen molar-refractivity contribution in [3.8, 4) is 28.5 Å². The molecule has 0 aliphatic rings. The second-order valence-corrected chi connectivity index (χ2v) is 5.99. The first-order chi connectivity index (χ1) is 14.0. The number of aromatic hydroxyl groups is 1. The van der Waals surface area contributed by atoms with E-state index in [0.717, 1.165) is 13.0 Å². The van der Waals surface area contributed by atoms with Gasteiger partial charge in [0.2, 0.25) is 5.43 Å². The first kappa shape index (κ1) is 22.6. The zero-order valence-corrected chi connectivity index (χ0v) is 16.1. The maximum absolute atomic E-state index is 13.3. The molecule has 3 aromatic rings. The topological polar surface area (TPSA) is 109 Å². The number of alkyl halides is 3. The van der Waals surface area contributed by atoms with Crippen LogP contribution in [0.5, 0.6) is 17.2 Å². The first-order valence-corrected chi connectivity index (χ1v) is 8.38. The molecule has 0 bridgehead atoms. The largest absolute Gasteiger partial charge is 0.503 e. The molecular formula is C20H18F3NO6. The highest BCUT2D eigenvalue weighted by molar-refractivity contribution is 5.88. The molecule has 0 unspecified atom stereocenters. The average molecular weight is 425 g/mol. The average Bonchev–Trinajstić information content (AvgIpc) is 2.68. The van der Waals surface area contributed by atoms with Crippen LogP contribution in [0.25, 0.3) is 22.2 Å². The summed E-state index contributed by atoms with van der Waals surface area (Å²) in [5, 5.41) is 17.7. The Balaban J connectivity index is 0.000000735. The van der Waals surface area contributed by atoms with Crippen molar-refractivity contribution in [2.75, 3.05) is 14.2 Å². The van der Waals surface area contributed by atoms with Gasteiger partial charge >= 0.3 is 6.18 Å². The van der Waals surface area contributed by atoms with Crippen LogP contribution in [0.4, 0.5) is 13.2 Å². The lowest BCUT2D eigenvalue weighted by molar-refractivity contribution is -0.137. The van der Waals surface area contributed by atoms with Gasteiger partial charge in [-0.15, -0.1) is 0 Å². The van der Waals surface area contributed by atoms with E-state index in [2.05, 4.69) is 4.98 Å². The van der Waals surface area contributed by atoms with Gasteiger partial charge in [0.1, 0.15) is 0 Å². The molecule has 2 aromatic carbocycles. The smallest absolute Gasteiger partial charge is 0.417 e. The van der Waals surface area contributed by atoms with Crippen LogP contribution in [0.15, 0.2) is 41.2 Å². The number of H-pyrrole nitrogens is 1. The number of aromatic nitrogens is 1. The molecular weight excluding hydrogens is 407 g/mol. The fourth-order valence-corrected chi connectivity index (χ4v) is 2.75. The molecule has 0 aliphatic heterocycles. The van der Waals surface area contributed by atoms with Crippen LogP contribution in [-0.4, -0.2) is 35.4 Å². The fraction of sp³-hybridized carbons (Fsp3) is 0.200. The lowest BCUT2D eigenvalue weighted by Gasteiger charge is -2.15. The van der Waals surface area contributed by atoms with Gasteiger partial charge < -0.3 is 24.7 Å². The Labute approximate surface area is 168 Å². The van der Waals surface area contributed by atoms with E-state index < -0.39 is 28.9 Å². The monoisotopic (exact) mass is 425 g/mol. The second kappa shape index (κ2) is 8.76. The maximum Gasteiger partial charge on any atom is 0.417 e. The van der Waals surface area contributed by atoms with Gasteiger partial charge in [-0.1, -0.05) is 18.2 Å². The third kappa shape index (κ3) is 4.65. The molecule has 30 heavy (non-hydrogen) atoms. The molecule has 0 aliphatic carbocycles. The van der Waals surface area contributed by atoms with E-state index in [0.29, 0.717) is 0 Å². The van der Waals surface area contributed by atoms with Crippen molar-refractivity contribution < 1.29 is 37.7 Å². The number of methoxy groups -OCH3 is 2. The van der Waals surface area contributed by atoms with E-state index in [-0.39, 0.29) is 33.7 Å². The van der Waals surface area contributed by atoms with Gasteiger partial charge in [-0.05, 0) is 12.1 Å². The number of carbonyl (C=O) groups is 1. The summed E-state index contributed by atoms with van der Waals surface area (Å²) in [6.07, 6.45) is -4.65. The number of ether oxygens (including phenoxy) is 2. The Hall–Kier alpha value is -3.69. The Morgan fingerprint density at radius 3 is 2.13 bits per heavy atom. The van der Waals surface area contributed by atoms with Crippen molar-refractivity contribution in [2.24, 2.45) is 0 Å². The van der Waals surface area contributed by atoms with Gasteiger partial charge in [-0.2, -0.15) is 13.2 Å². The summed E-state index contributed by atoms with van der Waals surface area (Å²) < 4.78 is 50.1. The van der Waals surface area contributed by atoms with Crippen LogP contribution in [0, 0.1) is 0 Å². The lowest BCUT2D eigenvalue weighted by atomic mass is 10.0. The van der Waals surface area contributed by atoms with Crippen LogP contribution in [0.3, 0.4) is 0 Å². The third-order valence-electron chi connectivity index (χ3n) is 3.98. The van der Waals surface area contributed by atoms with E-state index in [1.807, 2.05) is 0 Å². The zero-order chi connectivity index (χ0) is 22.6. The number of benzene rings is 2. The van der Waals surface area contributed by atoms with E-state index in [9.17, 15) is 23.1 Å². The quantitative estimate of drug-likeness (QED) is 0.585. The molecule has 1 aromatic heterocycles. The molecule has 0 saturated heterocycles. The first-order valence-electron chi connectivity index (χ1n) is 8.38. The van der Waals surface area contributed by atoms with E-state index in [1.54, 1.807) is 0 Å². The lowest BCUT2D eigenvalue weighted by Crippen LogP contribution is -2.10. The highest BCUT2D eigenvalue weighted by Crippen LogP contribution is 2.39. The number of carboxylic acids is 1. The number of halogens is 3. The van der Waals surface area contributed by atoms with E-state index in [1.165, 1.54) is 44.6 Å². The van der Waals surface area contributed by atoms with Gasteiger partial charge in [-0.25, -0.2) is 0 Å². The highest BCUT2D eigenvalue weighted by atomic mass is 19.4. The summed E-state index contributed by atoms with van der Waals surface area (Å²) in [7, 11) is 2.77. The Morgan fingerprint density at radius 1 is 1.07 bits per heavy atom. The molecule has 10 heteroatoms. The molecule has 7 nitrogen and oxygen atoms in total. The van der Waals surface area contributed by atoms with Crippen LogP contribution < -0.4 is 14.9 Å². The Morgan fingerprint density at radius 2 is 1.60 bits per heavy atom. The molecule has 3 rings (SSSR count). The summed E-state index contributed by atoms with van der Waals surface area (Å²) in [6.45, 7) is 1.08. The van der Waals surface area contributed by atoms with Crippen molar-refractivity contribution in [1.82, 2.24) is 4.98 Å². The normalized spacial score (nSPS) is 10.9. The second-order valence-electron chi connectivity index (χ2n) is 5.99. The number of hydrogen-bond donors (Lipinski definition) is 3. The van der Waals surface area contributed by atoms with Gasteiger partial charge in [0, 0.05) is 18.6 Å². The van der Waals surface area contributed by atoms with Crippen LogP contribution in [0.1, 0.15) is 12.5 Å². The maximum atomic E-state index is 13.3. The molecule has 160 valence electrons. The van der Waals surface area contributed by atoms with E-state index in [4.69, 9.17) is 19.4 Å². The van der Waals surface area contributed by atoms with Crippen molar-refractivity contribution in [3.05, 3.63) is 52.2 Å². The van der Waals surface area contributed by atoms with Crippen LogP contribution >= 0.6 is 0 Å². The van der Waals surface area contributed by atoms with Crippen molar-refractivity contribution >= 4 is 16.9 Å². The minimum absolute atomic E-state index is 0.0633. The molecule has 0 spiro atoms. The summed E-state index contributed by atoms with van der Waals surface area (Å²) in [5.74, 6) is -1.09. The van der Waals surface area contributed by atoms with Crippen molar-refractivity contribution in [2.45, 2.75) is 13.1 Å². The number of pyridine rings is 1. The van der Waals surface area contributed by atoms with E-state index >= 15 is 0 Å². The minimum Gasteiger partial charge on any atom is -0.503 e. The van der Waals surface area contributed by atoms with Gasteiger partial charge in [0.25, 0.3) is 5.97 Å². The van der Waals surface area contributed by atoms with Crippen molar-refractivity contribution in [3.63, 3.8) is 0 Å². The number of nitrogens with one attached hydrogen (secondary N) is 1. The predicted octanol–water partition coefficient (Wildman–Crippen LogP) is 4.03. The summed E-state index contributed by atoms with van der Waals surface area (Å²) in [4.78, 5) is 24.2. The summed E-state index contributed by atoms with van der Waals surface area (Å²) in [5.41, 5.74) is -2.22. The molecule has 0 fully saturated rings. The number of carboxylic acid groups (broad SMARTS) is 1.